The van der Waals surface area contributed by atoms with Gasteiger partial charge in [0.2, 0.25) is 0 Å². The molecule has 0 aromatic heterocycles. The molecule has 1 aliphatic rings. The lowest BCUT2D eigenvalue weighted by atomic mass is 10.1. The minimum atomic E-state index is 0.773. The molecule has 1 saturated carbocycles. The van der Waals surface area contributed by atoms with Crippen LogP contribution in [0.25, 0.3) is 0 Å². The number of hydrogen-bond acceptors (Lipinski definition) is 1. The Balaban J connectivity index is 2.04. The van der Waals surface area contributed by atoms with Crippen LogP contribution in [0.2, 0.25) is 0 Å². The standard InChI is InChI=1S/C11H21N/c1-9(2)7-12-8-11-5-4-10(3)6-11/h9,11-12H,3-8H2,1-2H3/t11-/m0/s1. The zero-order valence-electron chi connectivity index (χ0n) is 8.40. The average molecular weight is 167 g/mol. The fraction of sp³-hybridized carbons (Fsp3) is 0.818. The van der Waals surface area contributed by atoms with E-state index in [0.29, 0.717) is 0 Å². The summed E-state index contributed by atoms with van der Waals surface area (Å²) in [5, 5.41) is 3.51. The van der Waals surface area contributed by atoms with E-state index in [-0.39, 0.29) is 0 Å². The van der Waals surface area contributed by atoms with Crippen LogP contribution < -0.4 is 5.32 Å². The fourth-order valence-electron chi connectivity index (χ4n) is 1.77. The quantitative estimate of drug-likeness (QED) is 0.635. The Morgan fingerprint density at radius 1 is 1.58 bits per heavy atom. The Kier molecular flexibility index (Phi) is 3.80. The second-order valence-corrected chi connectivity index (χ2v) is 4.41. The van der Waals surface area contributed by atoms with E-state index in [1.165, 1.54) is 31.4 Å². The van der Waals surface area contributed by atoms with Crippen molar-refractivity contribution in [1.29, 1.82) is 0 Å². The lowest BCUT2D eigenvalue weighted by Gasteiger charge is -2.11. The van der Waals surface area contributed by atoms with Gasteiger partial charge in [-0.1, -0.05) is 26.0 Å². The molecular weight excluding hydrogens is 146 g/mol. The van der Waals surface area contributed by atoms with E-state index in [1.54, 1.807) is 0 Å². The van der Waals surface area contributed by atoms with Gasteiger partial charge in [-0.2, -0.15) is 0 Å². The highest BCUT2D eigenvalue weighted by Crippen LogP contribution is 2.27. The molecule has 0 heterocycles. The number of allylic oxidation sites excluding steroid dienone is 1. The van der Waals surface area contributed by atoms with Gasteiger partial charge in [0.25, 0.3) is 0 Å². The Bertz CT molecular complexity index is 149. The summed E-state index contributed by atoms with van der Waals surface area (Å²) in [7, 11) is 0. The molecule has 0 spiro atoms. The lowest BCUT2D eigenvalue weighted by molar-refractivity contribution is 0.462. The molecule has 0 aromatic carbocycles. The molecule has 0 aliphatic heterocycles. The number of rotatable bonds is 4. The Labute approximate surface area is 76.2 Å². The highest BCUT2D eigenvalue weighted by molar-refractivity contribution is 5.02. The average Bonchev–Trinajstić information content (AvgIpc) is 2.35. The van der Waals surface area contributed by atoms with Crippen molar-refractivity contribution in [1.82, 2.24) is 5.32 Å². The van der Waals surface area contributed by atoms with Crippen molar-refractivity contribution >= 4 is 0 Å². The second kappa shape index (κ2) is 4.66. The van der Waals surface area contributed by atoms with Crippen LogP contribution in [-0.4, -0.2) is 13.1 Å². The zero-order chi connectivity index (χ0) is 8.97. The summed E-state index contributed by atoms with van der Waals surface area (Å²) in [4.78, 5) is 0. The van der Waals surface area contributed by atoms with Crippen LogP contribution in [0.1, 0.15) is 33.1 Å². The molecule has 12 heavy (non-hydrogen) atoms. The van der Waals surface area contributed by atoms with Crippen LogP contribution >= 0.6 is 0 Å². The molecule has 1 nitrogen and oxygen atoms in total. The van der Waals surface area contributed by atoms with Crippen molar-refractivity contribution in [3.05, 3.63) is 12.2 Å². The molecule has 1 fully saturated rings. The van der Waals surface area contributed by atoms with Crippen molar-refractivity contribution in [3.63, 3.8) is 0 Å². The Hall–Kier alpha value is -0.300. The minimum Gasteiger partial charge on any atom is -0.316 e. The third-order valence-corrected chi connectivity index (χ3v) is 2.47. The molecule has 1 N–H and O–H groups in total. The predicted molar refractivity (Wildman–Crippen MR) is 54.2 cm³/mol. The predicted octanol–water partition coefficient (Wildman–Crippen LogP) is 2.59. The largest absolute Gasteiger partial charge is 0.316 e. The Morgan fingerprint density at radius 2 is 2.33 bits per heavy atom. The highest BCUT2D eigenvalue weighted by atomic mass is 14.9. The van der Waals surface area contributed by atoms with E-state index in [4.69, 9.17) is 0 Å². The van der Waals surface area contributed by atoms with Crippen LogP contribution in [0.4, 0.5) is 0 Å². The number of nitrogens with one attached hydrogen (secondary N) is 1. The van der Waals surface area contributed by atoms with Gasteiger partial charge in [-0.3, -0.25) is 0 Å². The first-order valence-electron chi connectivity index (χ1n) is 5.06. The first-order chi connectivity index (χ1) is 5.68. The minimum absolute atomic E-state index is 0.773. The summed E-state index contributed by atoms with van der Waals surface area (Å²) in [6, 6.07) is 0. The molecular formula is C11H21N. The summed E-state index contributed by atoms with van der Waals surface area (Å²) in [5.41, 5.74) is 1.45. The second-order valence-electron chi connectivity index (χ2n) is 4.41. The van der Waals surface area contributed by atoms with E-state index in [1.807, 2.05) is 0 Å². The maximum atomic E-state index is 4.02. The van der Waals surface area contributed by atoms with Gasteiger partial charge >= 0.3 is 0 Å². The summed E-state index contributed by atoms with van der Waals surface area (Å²) in [5.74, 6) is 1.64. The van der Waals surface area contributed by atoms with Crippen LogP contribution in [-0.2, 0) is 0 Å². The zero-order valence-corrected chi connectivity index (χ0v) is 8.40. The van der Waals surface area contributed by atoms with Gasteiger partial charge in [0.05, 0.1) is 0 Å². The molecule has 1 atom stereocenters. The first-order valence-corrected chi connectivity index (χ1v) is 5.06. The lowest BCUT2D eigenvalue weighted by Crippen LogP contribution is -2.25. The normalized spacial score (nSPS) is 23.9. The smallest absolute Gasteiger partial charge is 0.00172 e. The van der Waals surface area contributed by atoms with Gasteiger partial charge < -0.3 is 5.32 Å². The fourth-order valence-corrected chi connectivity index (χ4v) is 1.77. The van der Waals surface area contributed by atoms with Crippen molar-refractivity contribution in [3.8, 4) is 0 Å². The Morgan fingerprint density at radius 3 is 2.83 bits per heavy atom. The van der Waals surface area contributed by atoms with Gasteiger partial charge in [-0.05, 0) is 44.2 Å². The van der Waals surface area contributed by atoms with E-state index in [2.05, 4.69) is 25.7 Å². The van der Waals surface area contributed by atoms with Gasteiger partial charge in [0.15, 0.2) is 0 Å². The third kappa shape index (κ3) is 3.40. The van der Waals surface area contributed by atoms with E-state index < -0.39 is 0 Å². The van der Waals surface area contributed by atoms with Crippen LogP contribution in [0.3, 0.4) is 0 Å². The highest BCUT2D eigenvalue weighted by Gasteiger charge is 2.16. The molecule has 0 saturated heterocycles. The van der Waals surface area contributed by atoms with E-state index >= 15 is 0 Å². The summed E-state index contributed by atoms with van der Waals surface area (Å²) < 4.78 is 0. The maximum absolute atomic E-state index is 4.02. The molecule has 70 valence electrons. The molecule has 1 rings (SSSR count). The van der Waals surface area contributed by atoms with Crippen LogP contribution in [0, 0.1) is 11.8 Å². The van der Waals surface area contributed by atoms with Crippen molar-refractivity contribution < 1.29 is 0 Å². The topological polar surface area (TPSA) is 12.0 Å². The summed E-state index contributed by atoms with van der Waals surface area (Å²) in [6.45, 7) is 10.9. The van der Waals surface area contributed by atoms with Crippen LogP contribution in [0.15, 0.2) is 12.2 Å². The van der Waals surface area contributed by atoms with Crippen molar-refractivity contribution in [2.24, 2.45) is 11.8 Å². The molecule has 0 unspecified atom stereocenters. The molecule has 1 heteroatoms. The SMILES string of the molecule is C=C1CC[C@H](CNCC(C)C)C1. The molecule has 0 aromatic rings. The van der Waals surface area contributed by atoms with E-state index in [0.717, 1.165) is 18.4 Å². The molecule has 1 aliphatic carbocycles. The summed E-state index contributed by atoms with van der Waals surface area (Å²) >= 11 is 0. The molecule has 0 radical (unpaired) electrons. The van der Waals surface area contributed by atoms with Crippen molar-refractivity contribution in [2.75, 3.05) is 13.1 Å². The maximum Gasteiger partial charge on any atom is -0.00172 e. The van der Waals surface area contributed by atoms with Gasteiger partial charge in [-0.25, -0.2) is 0 Å². The van der Waals surface area contributed by atoms with Crippen molar-refractivity contribution in [2.45, 2.75) is 33.1 Å². The summed E-state index contributed by atoms with van der Waals surface area (Å²) in [6.07, 6.45) is 3.86. The number of hydrogen-bond donors (Lipinski definition) is 1. The van der Waals surface area contributed by atoms with E-state index in [9.17, 15) is 0 Å². The third-order valence-electron chi connectivity index (χ3n) is 2.47. The monoisotopic (exact) mass is 167 g/mol. The van der Waals surface area contributed by atoms with Gasteiger partial charge in [0, 0.05) is 0 Å². The van der Waals surface area contributed by atoms with Crippen LogP contribution in [0.5, 0.6) is 0 Å². The van der Waals surface area contributed by atoms with Gasteiger partial charge in [-0.15, -0.1) is 0 Å². The molecule has 0 bridgehead atoms. The van der Waals surface area contributed by atoms with Gasteiger partial charge in [0.1, 0.15) is 0 Å². The molecule has 0 amide bonds. The first kappa shape index (κ1) is 9.79.